The van der Waals surface area contributed by atoms with E-state index in [0.717, 1.165) is 48.5 Å². The van der Waals surface area contributed by atoms with Crippen LogP contribution in [0, 0.1) is 0 Å². The molecule has 4 rings (SSSR count). The van der Waals surface area contributed by atoms with Gasteiger partial charge in [0.1, 0.15) is 0 Å². The van der Waals surface area contributed by atoms with Gasteiger partial charge in [0.25, 0.3) is 0 Å². The summed E-state index contributed by atoms with van der Waals surface area (Å²) < 4.78 is 5.38. The van der Waals surface area contributed by atoms with Gasteiger partial charge >= 0.3 is 6.03 Å². The lowest BCUT2D eigenvalue weighted by atomic mass is 10.1. The minimum atomic E-state index is -0.241. The largest absolute Gasteiger partial charge is 0.378 e. The van der Waals surface area contributed by atoms with Crippen molar-refractivity contribution in [2.24, 2.45) is 0 Å². The van der Waals surface area contributed by atoms with Gasteiger partial charge in [-0.15, -0.1) is 5.10 Å². The molecule has 1 aliphatic rings. The third-order valence-corrected chi connectivity index (χ3v) is 4.74. The third kappa shape index (κ3) is 5.11. The first-order valence-electron chi connectivity index (χ1n) is 9.71. The third-order valence-electron chi connectivity index (χ3n) is 4.74. The van der Waals surface area contributed by atoms with Crippen molar-refractivity contribution < 1.29 is 9.53 Å². The van der Waals surface area contributed by atoms with Crippen LogP contribution in [0.15, 0.2) is 54.7 Å². The van der Waals surface area contributed by atoms with Crippen LogP contribution in [0.5, 0.6) is 0 Å². The number of hydrogen-bond acceptors (Lipinski definition) is 6. The Balaban J connectivity index is 1.23. The van der Waals surface area contributed by atoms with Crippen LogP contribution in [-0.2, 0) is 4.74 Å². The molecule has 1 fully saturated rings. The predicted octanol–water partition coefficient (Wildman–Crippen LogP) is 2.70. The summed E-state index contributed by atoms with van der Waals surface area (Å²) in [5, 5.41) is 19.3. The van der Waals surface area contributed by atoms with Crippen molar-refractivity contribution in [2.75, 3.05) is 54.9 Å². The number of hydrogen-bond donors (Lipinski definition) is 3. The average molecular weight is 392 g/mol. The van der Waals surface area contributed by atoms with Crippen LogP contribution in [0.1, 0.15) is 0 Å². The van der Waals surface area contributed by atoms with Gasteiger partial charge < -0.3 is 25.6 Å². The second-order valence-corrected chi connectivity index (χ2v) is 6.77. The molecule has 0 atom stereocenters. The fraction of sp³-hybridized carbons (Fsp3) is 0.286. The second-order valence-electron chi connectivity index (χ2n) is 6.77. The van der Waals surface area contributed by atoms with E-state index in [1.807, 2.05) is 48.5 Å². The van der Waals surface area contributed by atoms with Gasteiger partial charge in [0, 0.05) is 37.9 Å². The number of ether oxygens (including phenoxy) is 1. The number of carbonyl (C=O) groups excluding carboxylic acids is 1. The Bertz CT molecular complexity index is 974. The Morgan fingerprint density at radius 3 is 2.72 bits per heavy atom. The number of carbonyl (C=O) groups is 1. The number of aromatic nitrogens is 2. The van der Waals surface area contributed by atoms with Crippen molar-refractivity contribution in [3.8, 4) is 0 Å². The smallest absolute Gasteiger partial charge is 0.319 e. The number of fused-ring (bicyclic) bond motifs is 1. The number of morpholine rings is 1. The maximum atomic E-state index is 12.1. The predicted molar refractivity (Wildman–Crippen MR) is 115 cm³/mol. The SMILES string of the molecule is O=C(NCCNc1cc(N2CCOCC2)cnn1)Nc1ccc2ccccc2c1. The molecule has 150 valence electrons. The molecule has 8 nitrogen and oxygen atoms in total. The van der Waals surface area contributed by atoms with E-state index >= 15 is 0 Å². The van der Waals surface area contributed by atoms with Gasteiger partial charge in [0.05, 0.1) is 25.1 Å². The Morgan fingerprint density at radius 2 is 1.86 bits per heavy atom. The summed E-state index contributed by atoms with van der Waals surface area (Å²) in [6.45, 7) is 4.15. The van der Waals surface area contributed by atoms with Gasteiger partial charge in [-0.3, -0.25) is 0 Å². The molecule has 0 bridgehead atoms. The van der Waals surface area contributed by atoms with E-state index in [2.05, 4.69) is 31.0 Å². The Kier molecular flexibility index (Phi) is 6.01. The highest BCUT2D eigenvalue weighted by atomic mass is 16.5. The van der Waals surface area contributed by atoms with Crippen molar-refractivity contribution in [2.45, 2.75) is 0 Å². The number of amides is 2. The summed E-state index contributed by atoms with van der Waals surface area (Å²) in [4.78, 5) is 14.3. The van der Waals surface area contributed by atoms with Gasteiger partial charge in [0.2, 0.25) is 0 Å². The monoisotopic (exact) mass is 392 g/mol. The van der Waals surface area contributed by atoms with Crippen LogP contribution in [0.3, 0.4) is 0 Å². The van der Waals surface area contributed by atoms with Crippen LogP contribution >= 0.6 is 0 Å². The molecule has 2 aromatic carbocycles. The molecule has 8 heteroatoms. The maximum absolute atomic E-state index is 12.1. The molecule has 3 N–H and O–H groups in total. The fourth-order valence-corrected chi connectivity index (χ4v) is 3.25. The van der Waals surface area contributed by atoms with Crippen LogP contribution in [0.2, 0.25) is 0 Å². The number of urea groups is 1. The summed E-state index contributed by atoms with van der Waals surface area (Å²) in [6.07, 6.45) is 1.76. The molecule has 2 heterocycles. The number of nitrogens with zero attached hydrogens (tertiary/aromatic N) is 3. The van der Waals surface area contributed by atoms with Gasteiger partial charge in [-0.1, -0.05) is 30.3 Å². The first-order chi connectivity index (χ1) is 14.3. The van der Waals surface area contributed by atoms with E-state index < -0.39 is 0 Å². The van der Waals surface area contributed by atoms with E-state index in [0.29, 0.717) is 18.9 Å². The van der Waals surface area contributed by atoms with Gasteiger partial charge in [-0.05, 0) is 22.9 Å². The molecule has 0 radical (unpaired) electrons. The summed E-state index contributed by atoms with van der Waals surface area (Å²) in [5.74, 6) is 0.686. The maximum Gasteiger partial charge on any atom is 0.319 e. The molecule has 29 heavy (non-hydrogen) atoms. The highest BCUT2D eigenvalue weighted by Gasteiger charge is 2.12. The van der Waals surface area contributed by atoms with Crippen LogP contribution in [0.4, 0.5) is 22.0 Å². The zero-order valence-corrected chi connectivity index (χ0v) is 16.1. The number of rotatable bonds is 6. The normalized spacial score (nSPS) is 13.9. The zero-order valence-electron chi connectivity index (χ0n) is 16.1. The van der Waals surface area contributed by atoms with Crippen LogP contribution in [0.25, 0.3) is 10.8 Å². The molecule has 0 spiro atoms. The lowest BCUT2D eigenvalue weighted by Crippen LogP contribution is -2.36. The van der Waals surface area contributed by atoms with E-state index in [9.17, 15) is 4.79 Å². The summed E-state index contributed by atoms with van der Waals surface area (Å²) in [6, 6.07) is 15.6. The van der Waals surface area contributed by atoms with Crippen molar-refractivity contribution in [3.05, 3.63) is 54.7 Å². The van der Waals surface area contributed by atoms with Gasteiger partial charge in [-0.2, -0.15) is 5.10 Å². The standard InChI is InChI=1S/C21H24N6O2/c28-21(25-18-6-5-16-3-1-2-4-17(16)13-18)23-8-7-22-20-14-19(15-24-26-20)27-9-11-29-12-10-27/h1-6,13-15H,7-12H2,(H,22,26)(H2,23,25,28). The van der Waals surface area contributed by atoms with Crippen molar-refractivity contribution in [3.63, 3.8) is 0 Å². The lowest BCUT2D eigenvalue weighted by molar-refractivity contribution is 0.122. The molecular formula is C21H24N6O2. The Morgan fingerprint density at radius 1 is 1.03 bits per heavy atom. The molecular weight excluding hydrogens is 368 g/mol. The molecule has 1 aromatic heterocycles. The second kappa shape index (κ2) is 9.20. The van der Waals surface area contributed by atoms with Gasteiger partial charge in [0.15, 0.2) is 5.82 Å². The molecule has 1 aliphatic heterocycles. The molecule has 1 saturated heterocycles. The molecule has 2 amide bonds. The molecule has 0 unspecified atom stereocenters. The number of nitrogens with one attached hydrogen (secondary N) is 3. The van der Waals surface area contributed by atoms with Gasteiger partial charge in [-0.25, -0.2) is 4.79 Å². The van der Waals surface area contributed by atoms with E-state index in [4.69, 9.17) is 4.74 Å². The molecule has 3 aromatic rings. The average Bonchev–Trinajstić information content (AvgIpc) is 2.77. The first-order valence-corrected chi connectivity index (χ1v) is 9.71. The zero-order chi connectivity index (χ0) is 19.9. The molecule has 0 aliphatic carbocycles. The summed E-state index contributed by atoms with van der Waals surface area (Å²) in [5.41, 5.74) is 1.78. The van der Waals surface area contributed by atoms with Crippen LogP contribution in [-0.4, -0.2) is 55.6 Å². The van der Waals surface area contributed by atoms with Crippen molar-refractivity contribution >= 4 is 34.0 Å². The highest BCUT2D eigenvalue weighted by Crippen LogP contribution is 2.19. The van der Waals surface area contributed by atoms with Crippen molar-refractivity contribution in [1.29, 1.82) is 0 Å². The number of benzene rings is 2. The van der Waals surface area contributed by atoms with E-state index in [1.54, 1.807) is 6.20 Å². The van der Waals surface area contributed by atoms with Crippen LogP contribution < -0.4 is 20.9 Å². The summed E-state index contributed by atoms with van der Waals surface area (Å²) in [7, 11) is 0. The number of anilines is 3. The highest BCUT2D eigenvalue weighted by molar-refractivity contribution is 5.93. The Labute approximate surface area is 169 Å². The summed E-state index contributed by atoms with van der Waals surface area (Å²) >= 11 is 0. The fourth-order valence-electron chi connectivity index (χ4n) is 3.25. The lowest BCUT2D eigenvalue weighted by Gasteiger charge is -2.28. The van der Waals surface area contributed by atoms with E-state index in [-0.39, 0.29) is 6.03 Å². The van der Waals surface area contributed by atoms with E-state index in [1.165, 1.54) is 0 Å². The first kappa shape index (κ1) is 18.9. The Hall–Kier alpha value is -3.39. The minimum absolute atomic E-state index is 0.241. The topological polar surface area (TPSA) is 91.4 Å². The quantitative estimate of drug-likeness (QED) is 0.559. The molecule has 0 saturated carbocycles. The minimum Gasteiger partial charge on any atom is -0.378 e. The van der Waals surface area contributed by atoms with Crippen molar-refractivity contribution in [1.82, 2.24) is 15.5 Å².